The van der Waals surface area contributed by atoms with Gasteiger partial charge in [-0.1, -0.05) is 36.4 Å². The van der Waals surface area contributed by atoms with Gasteiger partial charge in [-0.3, -0.25) is 4.79 Å². The first-order valence-electron chi connectivity index (χ1n) is 14.0. The number of aryl methyl sites for hydroxylation is 1. The molecule has 0 atom stereocenters. The lowest BCUT2D eigenvalue weighted by molar-refractivity contribution is 0.0955. The number of carbonyl (C=O) groups excluding carboxylic acids is 1. The maximum Gasteiger partial charge on any atom is 0.271 e. The highest BCUT2D eigenvalue weighted by molar-refractivity contribution is 5.95. The second-order valence-electron chi connectivity index (χ2n) is 9.92. The lowest BCUT2D eigenvalue weighted by atomic mass is 10.1. The van der Waals surface area contributed by atoms with Gasteiger partial charge in [-0.25, -0.2) is 5.43 Å². The number of hydrogen-bond donors (Lipinski definition) is 1. The Kier molecular flexibility index (Phi) is 8.08. The van der Waals surface area contributed by atoms with Crippen LogP contribution in [-0.2, 0) is 6.61 Å². The van der Waals surface area contributed by atoms with Crippen LogP contribution >= 0.6 is 0 Å². The third-order valence-corrected chi connectivity index (χ3v) is 7.01. The van der Waals surface area contributed by atoms with E-state index in [0.717, 1.165) is 39.5 Å². The molecular formula is C35H31N3O5. The Morgan fingerprint density at radius 3 is 2.51 bits per heavy atom. The van der Waals surface area contributed by atoms with Gasteiger partial charge in [0.15, 0.2) is 23.0 Å². The van der Waals surface area contributed by atoms with Gasteiger partial charge in [0.05, 0.1) is 18.5 Å². The maximum atomic E-state index is 12.8. The van der Waals surface area contributed by atoms with Crippen molar-refractivity contribution in [2.75, 3.05) is 13.4 Å². The van der Waals surface area contributed by atoms with Gasteiger partial charge in [0.2, 0.25) is 6.79 Å². The monoisotopic (exact) mass is 573 g/mol. The summed E-state index contributed by atoms with van der Waals surface area (Å²) in [5.74, 6) is 2.34. The molecule has 0 radical (unpaired) electrons. The minimum atomic E-state index is -0.302. The van der Waals surface area contributed by atoms with Crippen LogP contribution in [0.4, 0.5) is 0 Å². The molecule has 0 saturated heterocycles. The molecule has 0 unspecified atom stereocenters. The van der Waals surface area contributed by atoms with Crippen molar-refractivity contribution in [2.45, 2.75) is 20.5 Å². The van der Waals surface area contributed by atoms with Crippen molar-refractivity contribution in [3.8, 4) is 39.9 Å². The molecule has 1 aliphatic heterocycles. The van der Waals surface area contributed by atoms with Crippen molar-refractivity contribution in [2.24, 2.45) is 5.10 Å². The second-order valence-corrected chi connectivity index (χ2v) is 9.92. The number of ether oxygens (including phenoxy) is 4. The van der Waals surface area contributed by atoms with Crippen molar-refractivity contribution >= 4 is 12.1 Å². The molecule has 5 aromatic rings. The van der Waals surface area contributed by atoms with Crippen LogP contribution in [0.1, 0.15) is 34.1 Å². The summed E-state index contributed by atoms with van der Waals surface area (Å²) in [5, 5.41) is 4.16. The van der Waals surface area contributed by atoms with Gasteiger partial charge in [-0.2, -0.15) is 5.10 Å². The van der Waals surface area contributed by atoms with E-state index in [1.807, 2.05) is 73.7 Å². The van der Waals surface area contributed by atoms with Gasteiger partial charge in [0.25, 0.3) is 5.91 Å². The minimum Gasteiger partial charge on any atom is -0.490 e. The summed E-state index contributed by atoms with van der Waals surface area (Å²) < 4.78 is 24.8. The van der Waals surface area contributed by atoms with Crippen LogP contribution in [0.3, 0.4) is 0 Å². The third kappa shape index (κ3) is 6.23. The summed E-state index contributed by atoms with van der Waals surface area (Å²) in [5.41, 5.74) is 9.14. The van der Waals surface area contributed by atoms with Crippen molar-refractivity contribution in [3.63, 3.8) is 0 Å². The van der Waals surface area contributed by atoms with Crippen LogP contribution in [0.15, 0.2) is 108 Å². The molecule has 2 heterocycles. The predicted octanol–water partition coefficient (Wildman–Crippen LogP) is 6.92. The highest BCUT2D eigenvalue weighted by atomic mass is 16.7. The average Bonchev–Trinajstić information content (AvgIpc) is 3.67. The van der Waals surface area contributed by atoms with E-state index in [-0.39, 0.29) is 12.7 Å². The van der Waals surface area contributed by atoms with Gasteiger partial charge in [0.1, 0.15) is 6.61 Å². The molecular weight excluding hydrogens is 542 g/mol. The SMILES string of the molecule is CCOc1cc(/C=N/NC(=O)c2ccc(-n3c(C)ccc3-c3ccccc3)cc2)ccc1OCc1ccc2c(c1)OCO2. The molecule has 1 N–H and O–H groups in total. The normalized spacial score (nSPS) is 12.0. The number of amides is 1. The lowest BCUT2D eigenvalue weighted by Gasteiger charge is -2.13. The molecule has 43 heavy (non-hydrogen) atoms. The molecule has 0 aliphatic carbocycles. The van der Waals surface area contributed by atoms with Gasteiger partial charge >= 0.3 is 0 Å². The van der Waals surface area contributed by atoms with E-state index >= 15 is 0 Å². The average molecular weight is 574 g/mol. The number of nitrogens with zero attached hydrogens (tertiary/aromatic N) is 2. The largest absolute Gasteiger partial charge is 0.490 e. The van der Waals surface area contributed by atoms with E-state index in [0.29, 0.717) is 36.0 Å². The fourth-order valence-electron chi connectivity index (χ4n) is 4.89. The Bertz CT molecular complexity index is 1760. The zero-order valence-electron chi connectivity index (χ0n) is 23.9. The summed E-state index contributed by atoms with van der Waals surface area (Å²) in [7, 11) is 0. The Balaban J connectivity index is 1.09. The molecule has 1 aliphatic rings. The Morgan fingerprint density at radius 2 is 1.70 bits per heavy atom. The van der Waals surface area contributed by atoms with Gasteiger partial charge in [0, 0.05) is 16.9 Å². The highest BCUT2D eigenvalue weighted by Gasteiger charge is 2.14. The van der Waals surface area contributed by atoms with E-state index in [2.05, 4.69) is 46.3 Å². The van der Waals surface area contributed by atoms with Crippen LogP contribution < -0.4 is 24.4 Å². The first-order chi connectivity index (χ1) is 21.1. The van der Waals surface area contributed by atoms with Gasteiger partial charge in [-0.05, 0) is 97.3 Å². The number of hydrogen-bond acceptors (Lipinski definition) is 6. The Labute approximate surface area is 250 Å². The predicted molar refractivity (Wildman–Crippen MR) is 166 cm³/mol. The number of fused-ring (bicyclic) bond motifs is 1. The molecule has 0 fully saturated rings. The first kappa shape index (κ1) is 27.7. The number of rotatable bonds is 10. The van der Waals surface area contributed by atoms with Crippen molar-refractivity contribution < 1.29 is 23.7 Å². The molecule has 1 amide bonds. The summed E-state index contributed by atoms with van der Waals surface area (Å²) in [6.45, 7) is 5.03. The number of nitrogens with one attached hydrogen (secondary N) is 1. The highest BCUT2D eigenvalue weighted by Crippen LogP contribution is 2.34. The van der Waals surface area contributed by atoms with E-state index in [4.69, 9.17) is 18.9 Å². The summed E-state index contributed by atoms with van der Waals surface area (Å²) in [6.07, 6.45) is 1.58. The van der Waals surface area contributed by atoms with E-state index in [9.17, 15) is 4.79 Å². The van der Waals surface area contributed by atoms with Crippen LogP contribution in [0.5, 0.6) is 23.0 Å². The van der Waals surface area contributed by atoms with Gasteiger partial charge < -0.3 is 23.5 Å². The molecule has 0 saturated carbocycles. The maximum absolute atomic E-state index is 12.8. The number of aromatic nitrogens is 1. The van der Waals surface area contributed by atoms with Crippen LogP contribution in [-0.4, -0.2) is 30.1 Å². The third-order valence-electron chi connectivity index (χ3n) is 7.01. The Hall–Kier alpha value is -5.50. The molecule has 6 rings (SSSR count). The topological polar surface area (TPSA) is 83.3 Å². The second kappa shape index (κ2) is 12.6. The van der Waals surface area contributed by atoms with Crippen LogP contribution in [0, 0.1) is 6.92 Å². The minimum absolute atomic E-state index is 0.230. The van der Waals surface area contributed by atoms with Crippen LogP contribution in [0.2, 0.25) is 0 Å². The zero-order chi connectivity index (χ0) is 29.6. The summed E-state index contributed by atoms with van der Waals surface area (Å²) in [6, 6.07) is 33.1. The molecule has 216 valence electrons. The summed E-state index contributed by atoms with van der Waals surface area (Å²) in [4.78, 5) is 12.8. The van der Waals surface area contributed by atoms with Crippen molar-refractivity contribution in [1.82, 2.24) is 9.99 Å². The molecule has 0 spiro atoms. The Morgan fingerprint density at radius 1 is 0.884 bits per heavy atom. The van der Waals surface area contributed by atoms with Crippen LogP contribution in [0.25, 0.3) is 16.9 Å². The van der Waals surface area contributed by atoms with Gasteiger partial charge in [-0.15, -0.1) is 0 Å². The molecule has 0 bridgehead atoms. The number of benzene rings is 4. The van der Waals surface area contributed by atoms with E-state index in [1.165, 1.54) is 0 Å². The summed E-state index contributed by atoms with van der Waals surface area (Å²) >= 11 is 0. The molecule has 8 heteroatoms. The van der Waals surface area contributed by atoms with E-state index in [1.54, 1.807) is 18.3 Å². The number of hydrazone groups is 1. The smallest absolute Gasteiger partial charge is 0.271 e. The zero-order valence-corrected chi connectivity index (χ0v) is 23.9. The lowest BCUT2D eigenvalue weighted by Crippen LogP contribution is -2.17. The van der Waals surface area contributed by atoms with E-state index < -0.39 is 0 Å². The van der Waals surface area contributed by atoms with Crippen molar-refractivity contribution in [1.29, 1.82) is 0 Å². The molecule has 8 nitrogen and oxygen atoms in total. The fraction of sp³-hybridized carbons (Fsp3) is 0.143. The molecule has 4 aromatic carbocycles. The van der Waals surface area contributed by atoms with Crippen molar-refractivity contribution in [3.05, 3.63) is 126 Å². The quantitative estimate of drug-likeness (QED) is 0.145. The molecule has 1 aromatic heterocycles. The number of carbonyl (C=O) groups is 1. The first-order valence-corrected chi connectivity index (χ1v) is 14.0. The fourth-order valence-corrected chi connectivity index (χ4v) is 4.89. The standard InChI is InChI=1S/C35H31N3O5/c1-3-40-33-19-25(10-17-31(33)41-22-26-11-18-32-34(20-26)43-23-42-32)21-36-37-35(39)28-12-14-29(15-13-28)38-24(2)9-16-30(38)27-7-5-4-6-8-27/h4-21H,3,22-23H2,1-2H3,(H,37,39)/b36-21+.